The van der Waals surface area contributed by atoms with Gasteiger partial charge >= 0.3 is 12.3 Å². The molecule has 1 aromatic rings. The number of alkyl halides is 3. The van der Waals surface area contributed by atoms with Gasteiger partial charge in [0.25, 0.3) is 0 Å². The molecule has 17 heavy (non-hydrogen) atoms. The summed E-state index contributed by atoms with van der Waals surface area (Å²) in [7, 11) is 0. The molecule has 0 spiro atoms. The molecule has 2 rings (SSSR count). The Balaban J connectivity index is 2.29. The van der Waals surface area contributed by atoms with Gasteiger partial charge in [-0.05, 0) is 12.1 Å². The highest BCUT2D eigenvalue weighted by atomic mass is 19.4. The Labute approximate surface area is 94.0 Å². The van der Waals surface area contributed by atoms with Crippen LogP contribution >= 0.6 is 0 Å². The van der Waals surface area contributed by atoms with Gasteiger partial charge in [-0.15, -0.1) is 0 Å². The molecule has 0 aromatic heterocycles. The lowest BCUT2D eigenvalue weighted by atomic mass is 10.1. The number of carbonyl (C=O) groups is 1. The number of hydrogen-bond acceptors (Lipinski definition) is 2. The van der Waals surface area contributed by atoms with Crippen LogP contribution in [0.15, 0.2) is 18.2 Å². The molecule has 0 radical (unpaired) electrons. The van der Waals surface area contributed by atoms with Crippen LogP contribution in [0.2, 0.25) is 0 Å². The fraction of sp³-hybridized carbons (Fsp3) is 0.300. The zero-order chi connectivity index (χ0) is 12.6. The fourth-order valence-corrected chi connectivity index (χ4v) is 1.65. The van der Waals surface area contributed by atoms with Gasteiger partial charge < -0.3 is 15.2 Å². The Morgan fingerprint density at radius 2 is 2.18 bits per heavy atom. The van der Waals surface area contributed by atoms with E-state index in [1.165, 1.54) is 6.07 Å². The van der Waals surface area contributed by atoms with E-state index in [0.29, 0.717) is 5.56 Å². The third kappa shape index (κ3) is 2.27. The number of amides is 1. The molecule has 1 aliphatic rings. The highest BCUT2D eigenvalue weighted by Crippen LogP contribution is 2.38. The molecule has 0 aliphatic carbocycles. The van der Waals surface area contributed by atoms with Crippen LogP contribution < -0.4 is 10.1 Å². The van der Waals surface area contributed by atoms with E-state index in [1.54, 1.807) is 0 Å². The first-order valence-corrected chi connectivity index (χ1v) is 4.71. The zero-order valence-corrected chi connectivity index (χ0v) is 8.41. The van der Waals surface area contributed by atoms with Crippen LogP contribution in [0.3, 0.4) is 0 Å². The summed E-state index contributed by atoms with van der Waals surface area (Å²) in [5, 5.41) is 10.7. The molecule has 0 saturated heterocycles. The van der Waals surface area contributed by atoms with Crippen molar-refractivity contribution in [2.24, 2.45) is 0 Å². The molecule has 92 valence electrons. The predicted molar refractivity (Wildman–Crippen MR) is 50.8 cm³/mol. The molecule has 0 bridgehead atoms. The van der Waals surface area contributed by atoms with Gasteiger partial charge in [0.1, 0.15) is 12.4 Å². The summed E-state index contributed by atoms with van der Waals surface area (Å²) < 4.78 is 42.2. The number of hydrogen-bond donors (Lipinski definition) is 2. The molecule has 1 atom stereocenters. The van der Waals surface area contributed by atoms with Crippen LogP contribution in [-0.2, 0) is 6.18 Å². The summed E-state index contributed by atoms with van der Waals surface area (Å²) in [6, 6.07) is 2.39. The van der Waals surface area contributed by atoms with Crippen molar-refractivity contribution in [3.63, 3.8) is 0 Å². The van der Waals surface area contributed by atoms with Gasteiger partial charge in [-0.25, -0.2) is 4.79 Å². The second-order valence-corrected chi connectivity index (χ2v) is 3.56. The average Bonchev–Trinajstić information content (AvgIpc) is 2.59. The van der Waals surface area contributed by atoms with Crippen molar-refractivity contribution in [2.75, 3.05) is 6.61 Å². The van der Waals surface area contributed by atoms with Gasteiger partial charge in [-0.1, -0.05) is 6.07 Å². The quantitative estimate of drug-likeness (QED) is 0.801. The third-order valence-corrected chi connectivity index (χ3v) is 2.42. The van der Waals surface area contributed by atoms with Crippen LogP contribution in [0.4, 0.5) is 18.0 Å². The van der Waals surface area contributed by atoms with E-state index < -0.39 is 23.9 Å². The minimum atomic E-state index is -4.43. The van der Waals surface area contributed by atoms with Gasteiger partial charge in [-0.2, -0.15) is 13.2 Å². The SMILES string of the molecule is O=C(O)NC1COc2cc(C(F)(F)F)ccc21. The van der Waals surface area contributed by atoms with Crippen LogP contribution in [0, 0.1) is 0 Å². The number of rotatable bonds is 1. The van der Waals surface area contributed by atoms with Crippen molar-refractivity contribution in [2.45, 2.75) is 12.2 Å². The van der Waals surface area contributed by atoms with Gasteiger partial charge in [-0.3, -0.25) is 0 Å². The predicted octanol–water partition coefficient (Wildman–Crippen LogP) is 2.41. The molecule has 1 aromatic carbocycles. The first-order valence-electron chi connectivity index (χ1n) is 4.71. The van der Waals surface area contributed by atoms with Crippen LogP contribution in [0.25, 0.3) is 0 Å². The Bertz CT molecular complexity index is 459. The molecule has 4 nitrogen and oxygen atoms in total. The molecule has 1 heterocycles. The molecule has 1 unspecified atom stereocenters. The number of nitrogens with one attached hydrogen (secondary N) is 1. The maximum Gasteiger partial charge on any atom is 0.416 e. The molecule has 0 saturated carbocycles. The maximum absolute atomic E-state index is 12.4. The van der Waals surface area contributed by atoms with Gasteiger partial charge in [0.05, 0.1) is 11.6 Å². The van der Waals surface area contributed by atoms with Crippen molar-refractivity contribution in [1.82, 2.24) is 5.32 Å². The highest BCUT2D eigenvalue weighted by molar-refractivity contribution is 5.66. The highest BCUT2D eigenvalue weighted by Gasteiger charge is 2.34. The fourth-order valence-electron chi connectivity index (χ4n) is 1.65. The second-order valence-electron chi connectivity index (χ2n) is 3.56. The number of fused-ring (bicyclic) bond motifs is 1. The number of halogens is 3. The van der Waals surface area contributed by atoms with E-state index in [2.05, 4.69) is 5.32 Å². The molecular formula is C10H8F3NO3. The third-order valence-electron chi connectivity index (χ3n) is 2.42. The number of benzene rings is 1. The smallest absolute Gasteiger partial charge is 0.416 e. The Hall–Kier alpha value is -1.92. The summed E-state index contributed by atoms with van der Waals surface area (Å²) in [6.45, 7) is 0.00292. The Morgan fingerprint density at radius 1 is 1.47 bits per heavy atom. The lowest BCUT2D eigenvalue weighted by molar-refractivity contribution is -0.137. The van der Waals surface area contributed by atoms with Crippen LogP contribution in [0.5, 0.6) is 5.75 Å². The van der Waals surface area contributed by atoms with Crippen molar-refractivity contribution >= 4 is 6.09 Å². The number of carboxylic acid groups (broad SMARTS) is 1. The minimum absolute atomic E-state index is 0.00292. The Kier molecular flexibility index (Phi) is 2.60. The van der Waals surface area contributed by atoms with Crippen molar-refractivity contribution in [1.29, 1.82) is 0 Å². The summed E-state index contributed by atoms with van der Waals surface area (Å²) in [5.74, 6) is 0.0681. The first kappa shape index (κ1) is 11.6. The monoisotopic (exact) mass is 247 g/mol. The average molecular weight is 247 g/mol. The van der Waals surface area contributed by atoms with E-state index >= 15 is 0 Å². The topological polar surface area (TPSA) is 58.6 Å². The summed E-state index contributed by atoms with van der Waals surface area (Å²) in [6.07, 6.45) is -5.68. The molecule has 7 heteroatoms. The molecule has 1 aliphatic heterocycles. The van der Waals surface area contributed by atoms with E-state index in [9.17, 15) is 18.0 Å². The summed E-state index contributed by atoms with van der Waals surface area (Å²) in [5.41, 5.74) is -0.396. The second kappa shape index (κ2) is 3.83. The molecule has 0 fully saturated rings. The van der Waals surface area contributed by atoms with E-state index in [0.717, 1.165) is 12.1 Å². The normalized spacial score (nSPS) is 18.4. The Morgan fingerprint density at radius 3 is 2.76 bits per heavy atom. The lowest BCUT2D eigenvalue weighted by Gasteiger charge is -2.10. The lowest BCUT2D eigenvalue weighted by Crippen LogP contribution is -2.27. The van der Waals surface area contributed by atoms with Gasteiger partial charge in [0.2, 0.25) is 0 Å². The standard InChI is InChI=1S/C10H8F3NO3/c11-10(12,13)5-1-2-6-7(14-9(15)16)4-17-8(6)3-5/h1-3,7,14H,4H2,(H,15,16). The van der Waals surface area contributed by atoms with Crippen molar-refractivity contribution < 1.29 is 27.8 Å². The van der Waals surface area contributed by atoms with E-state index in [-0.39, 0.29) is 12.4 Å². The van der Waals surface area contributed by atoms with Crippen molar-refractivity contribution in [3.8, 4) is 5.75 Å². The first-order chi connectivity index (χ1) is 7.88. The summed E-state index contributed by atoms with van der Waals surface area (Å²) >= 11 is 0. The van der Waals surface area contributed by atoms with Crippen molar-refractivity contribution in [3.05, 3.63) is 29.3 Å². The molecular weight excluding hydrogens is 239 g/mol. The van der Waals surface area contributed by atoms with E-state index in [1.807, 2.05) is 0 Å². The summed E-state index contributed by atoms with van der Waals surface area (Å²) in [4.78, 5) is 10.4. The minimum Gasteiger partial charge on any atom is -0.491 e. The maximum atomic E-state index is 12.4. The van der Waals surface area contributed by atoms with Crippen LogP contribution in [0.1, 0.15) is 17.2 Å². The molecule has 2 N–H and O–H groups in total. The van der Waals surface area contributed by atoms with Gasteiger partial charge in [0, 0.05) is 5.56 Å². The van der Waals surface area contributed by atoms with Crippen LogP contribution in [-0.4, -0.2) is 17.8 Å². The van der Waals surface area contributed by atoms with E-state index in [4.69, 9.17) is 9.84 Å². The largest absolute Gasteiger partial charge is 0.491 e. The number of ether oxygens (including phenoxy) is 1. The zero-order valence-electron chi connectivity index (χ0n) is 8.41. The molecule has 1 amide bonds. The van der Waals surface area contributed by atoms with Gasteiger partial charge in [0.15, 0.2) is 0 Å².